The highest BCUT2D eigenvalue weighted by Gasteiger charge is 2.34. The number of nitrogens with one attached hydrogen (secondary N) is 1. The van der Waals surface area contributed by atoms with E-state index in [0.29, 0.717) is 13.1 Å². The Bertz CT molecular complexity index is 466. The van der Waals surface area contributed by atoms with Crippen molar-refractivity contribution in [2.75, 3.05) is 13.1 Å². The topological polar surface area (TPSA) is 55.1 Å². The van der Waals surface area contributed by atoms with Crippen LogP contribution in [-0.4, -0.2) is 19.0 Å². The molecule has 1 atom stereocenters. The van der Waals surface area contributed by atoms with E-state index < -0.39 is 0 Å². The summed E-state index contributed by atoms with van der Waals surface area (Å²) in [6.45, 7) is 2.80. The molecule has 1 saturated carbocycles. The first-order valence-corrected chi connectivity index (χ1v) is 7.81. The molecule has 0 aliphatic heterocycles. The van der Waals surface area contributed by atoms with Crippen LogP contribution in [0.2, 0.25) is 0 Å². The zero-order chi connectivity index (χ0) is 15.3. The van der Waals surface area contributed by atoms with Gasteiger partial charge in [-0.25, -0.2) is 4.39 Å². The van der Waals surface area contributed by atoms with Gasteiger partial charge in [-0.05, 0) is 30.5 Å². The van der Waals surface area contributed by atoms with Gasteiger partial charge in [0.05, 0.1) is 0 Å². The van der Waals surface area contributed by atoms with E-state index in [-0.39, 0.29) is 23.1 Å². The highest BCUT2D eigenvalue weighted by molar-refractivity contribution is 5.78. The summed E-state index contributed by atoms with van der Waals surface area (Å²) in [4.78, 5) is 12.0. The van der Waals surface area contributed by atoms with E-state index in [0.717, 1.165) is 31.2 Å². The SMILES string of the molecule is CC(CN)C(=O)NCC1(c2ccc(F)cc2)CCCCC1. The first kappa shape index (κ1) is 16.0. The lowest BCUT2D eigenvalue weighted by molar-refractivity contribution is -0.124. The summed E-state index contributed by atoms with van der Waals surface area (Å²) in [6, 6.07) is 6.74. The molecular weight excluding hydrogens is 267 g/mol. The van der Waals surface area contributed by atoms with Crippen molar-refractivity contribution in [3.05, 3.63) is 35.6 Å². The molecule has 1 aliphatic carbocycles. The predicted molar refractivity (Wildman–Crippen MR) is 82.4 cm³/mol. The van der Waals surface area contributed by atoms with Gasteiger partial charge in [-0.3, -0.25) is 4.79 Å². The summed E-state index contributed by atoms with van der Waals surface area (Å²) in [5, 5.41) is 3.04. The number of hydrogen-bond acceptors (Lipinski definition) is 2. The smallest absolute Gasteiger partial charge is 0.224 e. The quantitative estimate of drug-likeness (QED) is 0.876. The Morgan fingerprint density at radius 3 is 2.48 bits per heavy atom. The molecule has 0 heterocycles. The van der Waals surface area contributed by atoms with Gasteiger partial charge in [-0.2, -0.15) is 0 Å². The second kappa shape index (κ2) is 7.03. The third-order valence-corrected chi connectivity index (χ3v) is 4.67. The summed E-state index contributed by atoms with van der Waals surface area (Å²) < 4.78 is 13.2. The molecule has 0 bridgehead atoms. The van der Waals surface area contributed by atoms with Gasteiger partial charge in [0.25, 0.3) is 0 Å². The molecular formula is C17H25FN2O. The minimum absolute atomic E-state index is 0.00422. The number of halogens is 1. The maximum absolute atomic E-state index is 13.2. The first-order valence-electron chi connectivity index (χ1n) is 7.81. The van der Waals surface area contributed by atoms with Crippen LogP contribution in [0.5, 0.6) is 0 Å². The van der Waals surface area contributed by atoms with Gasteiger partial charge < -0.3 is 11.1 Å². The van der Waals surface area contributed by atoms with E-state index in [1.807, 2.05) is 19.1 Å². The van der Waals surface area contributed by atoms with E-state index in [1.54, 1.807) is 0 Å². The lowest BCUT2D eigenvalue weighted by Crippen LogP contribution is -2.44. The molecule has 116 valence electrons. The largest absolute Gasteiger partial charge is 0.355 e. The van der Waals surface area contributed by atoms with Crippen LogP contribution in [0.1, 0.15) is 44.6 Å². The Morgan fingerprint density at radius 2 is 1.90 bits per heavy atom. The van der Waals surface area contributed by atoms with E-state index in [1.165, 1.54) is 18.6 Å². The van der Waals surface area contributed by atoms with E-state index in [9.17, 15) is 9.18 Å². The van der Waals surface area contributed by atoms with Crippen molar-refractivity contribution in [1.29, 1.82) is 0 Å². The summed E-state index contributed by atoms with van der Waals surface area (Å²) in [6.07, 6.45) is 5.61. The third-order valence-electron chi connectivity index (χ3n) is 4.67. The normalized spacial score (nSPS) is 19.0. The van der Waals surface area contributed by atoms with Gasteiger partial charge >= 0.3 is 0 Å². The highest BCUT2D eigenvalue weighted by Crippen LogP contribution is 2.39. The van der Waals surface area contributed by atoms with Crippen molar-refractivity contribution in [2.24, 2.45) is 11.7 Å². The molecule has 1 aromatic carbocycles. The molecule has 0 spiro atoms. The average molecular weight is 292 g/mol. The van der Waals surface area contributed by atoms with Crippen LogP contribution in [0, 0.1) is 11.7 Å². The molecule has 3 nitrogen and oxygen atoms in total. The fourth-order valence-electron chi connectivity index (χ4n) is 3.14. The van der Waals surface area contributed by atoms with Crippen LogP contribution in [0.15, 0.2) is 24.3 Å². The monoisotopic (exact) mass is 292 g/mol. The fraction of sp³-hybridized carbons (Fsp3) is 0.588. The van der Waals surface area contributed by atoms with Gasteiger partial charge in [-0.1, -0.05) is 38.3 Å². The number of rotatable bonds is 5. The highest BCUT2D eigenvalue weighted by atomic mass is 19.1. The molecule has 1 amide bonds. The molecule has 1 fully saturated rings. The zero-order valence-electron chi connectivity index (χ0n) is 12.7. The van der Waals surface area contributed by atoms with Crippen LogP contribution in [-0.2, 0) is 10.2 Å². The van der Waals surface area contributed by atoms with Crippen LogP contribution < -0.4 is 11.1 Å². The van der Waals surface area contributed by atoms with E-state index in [4.69, 9.17) is 5.73 Å². The van der Waals surface area contributed by atoms with Gasteiger partial charge in [-0.15, -0.1) is 0 Å². The van der Waals surface area contributed by atoms with Crippen LogP contribution in [0.3, 0.4) is 0 Å². The summed E-state index contributed by atoms with van der Waals surface area (Å²) in [7, 11) is 0. The minimum atomic E-state index is -0.217. The predicted octanol–water partition coefficient (Wildman–Crippen LogP) is 2.74. The standard InChI is InChI=1S/C17H25FN2O/c1-13(11-19)16(21)20-12-17(9-3-2-4-10-17)14-5-7-15(18)8-6-14/h5-8,13H,2-4,9-12,19H2,1H3,(H,20,21). The first-order chi connectivity index (χ1) is 10.1. The zero-order valence-corrected chi connectivity index (χ0v) is 12.7. The minimum Gasteiger partial charge on any atom is -0.355 e. The lowest BCUT2D eigenvalue weighted by atomic mass is 9.69. The van der Waals surface area contributed by atoms with Crippen molar-refractivity contribution < 1.29 is 9.18 Å². The van der Waals surface area contributed by atoms with Gasteiger partial charge in [0.1, 0.15) is 5.82 Å². The van der Waals surface area contributed by atoms with Crippen molar-refractivity contribution in [3.63, 3.8) is 0 Å². The molecule has 3 N–H and O–H groups in total. The molecule has 1 aromatic rings. The molecule has 21 heavy (non-hydrogen) atoms. The summed E-state index contributed by atoms with van der Waals surface area (Å²) in [5.41, 5.74) is 6.61. The van der Waals surface area contributed by atoms with E-state index in [2.05, 4.69) is 5.32 Å². The Balaban J connectivity index is 2.13. The third kappa shape index (κ3) is 3.82. The van der Waals surface area contributed by atoms with Crippen molar-refractivity contribution in [1.82, 2.24) is 5.32 Å². The molecule has 2 rings (SSSR count). The van der Waals surface area contributed by atoms with Crippen LogP contribution >= 0.6 is 0 Å². The maximum Gasteiger partial charge on any atom is 0.224 e. The number of carbonyl (C=O) groups is 1. The fourth-order valence-corrected chi connectivity index (χ4v) is 3.14. The Kier molecular flexibility index (Phi) is 5.34. The number of amides is 1. The number of benzene rings is 1. The summed E-state index contributed by atoms with van der Waals surface area (Å²) in [5.74, 6) is -0.381. The van der Waals surface area contributed by atoms with Gasteiger partial charge in [0.15, 0.2) is 0 Å². The molecule has 1 unspecified atom stereocenters. The number of hydrogen-bond donors (Lipinski definition) is 2. The number of nitrogens with two attached hydrogens (primary N) is 1. The van der Waals surface area contributed by atoms with Gasteiger partial charge in [0, 0.05) is 24.4 Å². The second-order valence-electron chi connectivity index (χ2n) is 6.20. The molecule has 0 radical (unpaired) electrons. The average Bonchev–Trinajstić information content (AvgIpc) is 2.53. The Hall–Kier alpha value is -1.42. The Labute approximate surface area is 126 Å². The van der Waals surface area contributed by atoms with Crippen molar-refractivity contribution in [2.45, 2.75) is 44.4 Å². The number of carbonyl (C=O) groups excluding carboxylic acids is 1. The van der Waals surface area contributed by atoms with Crippen LogP contribution in [0.4, 0.5) is 4.39 Å². The van der Waals surface area contributed by atoms with Crippen molar-refractivity contribution >= 4 is 5.91 Å². The maximum atomic E-state index is 13.2. The van der Waals surface area contributed by atoms with Gasteiger partial charge in [0.2, 0.25) is 5.91 Å². The lowest BCUT2D eigenvalue weighted by Gasteiger charge is -2.38. The molecule has 4 heteroatoms. The molecule has 0 aromatic heterocycles. The molecule has 1 aliphatic rings. The second-order valence-corrected chi connectivity index (χ2v) is 6.20. The Morgan fingerprint density at radius 1 is 1.29 bits per heavy atom. The molecule has 0 saturated heterocycles. The van der Waals surface area contributed by atoms with E-state index >= 15 is 0 Å². The summed E-state index contributed by atoms with van der Waals surface area (Å²) >= 11 is 0. The van der Waals surface area contributed by atoms with Crippen molar-refractivity contribution in [3.8, 4) is 0 Å². The van der Waals surface area contributed by atoms with Crippen LogP contribution in [0.25, 0.3) is 0 Å².